The molecule has 0 radical (unpaired) electrons. The Bertz CT molecular complexity index is 681. The molecule has 0 spiro atoms. The number of amides is 1. The SMILES string of the molecule is Cc1oc(-c2ccccc2)nc1CC(=O)NC1CCCCC1CN. The fourth-order valence-electron chi connectivity index (χ4n) is 3.39. The van der Waals surface area contributed by atoms with E-state index in [1.54, 1.807) is 0 Å². The Kier molecular flexibility index (Phi) is 5.30. The van der Waals surface area contributed by atoms with Gasteiger partial charge in [0.25, 0.3) is 0 Å². The van der Waals surface area contributed by atoms with Gasteiger partial charge in [0, 0.05) is 11.6 Å². The summed E-state index contributed by atoms with van der Waals surface area (Å²) in [4.78, 5) is 16.9. The lowest BCUT2D eigenvalue weighted by molar-refractivity contribution is -0.121. The van der Waals surface area contributed by atoms with Crippen LogP contribution in [0.25, 0.3) is 11.5 Å². The van der Waals surface area contributed by atoms with Crippen molar-refractivity contribution in [2.45, 2.75) is 45.1 Å². The first-order valence-corrected chi connectivity index (χ1v) is 8.68. The van der Waals surface area contributed by atoms with E-state index < -0.39 is 0 Å². The molecule has 0 aliphatic heterocycles. The van der Waals surface area contributed by atoms with Gasteiger partial charge in [-0.1, -0.05) is 31.0 Å². The van der Waals surface area contributed by atoms with Crippen molar-refractivity contribution in [3.63, 3.8) is 0 Å². The summed E-state index contributed by atoms with van der Waals surface area (Å²) < 4.78 is 5.72. The Morgan fingerprint density at radius 3 is 2.79 bits per heavy atom. The molecular formula is C19H25N3O2. The highest BCUT2D eigenvalue weighted by Gasteiger charge is 2.26. The van der Waals surface area contributed by atoms with Crippen LogP contribution in [0.5, 0.6) is 0 Å². The largest absolute Gasteiger partial charge is 0.441 e. The van der Waals surface area contributed by atoms with E-state index in [9.17, 15) is 4.79 Å². The van der Waals surface area contributed by atoms with E-state index in [0.717, 1.165) is 24.8 Å². The van der Waals surface area contributed by atoms with Crippen molar-refractivity contribution in [3.05, 3.63) is 41.8 Å². The minimum absolute atomic E-state index is 0.00337. The first-order valence-electron chi connectivity index (χ1n) is 8.68. The van der Waals surface area contributed by atoms with Gasteiger partial charge in [-0.05, 0) is 44.4 Å². The minimum Gasteiger partial charge on any atom is -0.441 e. The van der Waals surface area contributed by atoms with Crippen molar-refractivity contribution >= 4 is 5.91 Å². The molecule has 1 aliphatic rings. The van der Waals surface area contributed by atoms with Gasteiger partial charge in [0.2, 0.25) is 11.8 Å². The molecule has 1 fully saturated rings. The molecule has 5 heteroatoms. The lowest BCUT2D eigenvalue weighted by atomic mass is 9.84. The molecule has 128 valence electrons. The van der Waals surface area contributed by atoms with Crippen LogP contribution in [-0.2, 0) is 11.2 Å². The lowest BCUT2D eigenvalue weighted by Gasteiger charge is -2.31. The maximum Gasteiger partial charge on any atom is 0.226 e. The highest BCUT2D eigenvalue weighted by molar-refractivity contribution is 5.78. The second kappa shape index (κ2) is 7.62. The summed E-state index contributed by atoms with van der Waals surface area (Å²) in [5, 5.41) is 3.14. The maximum atomic E-state index is 12.4. The monoisotopic (exact) mass is 327 g/mol. The summed E-state index contributed by atoms with van der Waals surface area (Å²) in [6.07, 6.45) is 4.72. The number of aryl methyl sites for hydroxylation is 1. The van der Waals surface area contributed by atoms with Crippen LogP contribution in [0.1, 0.15) is 37.1 Å². The van der Waals surface area contributed by atoms with Gasteiger partial charge in [0.05, 0.1) is 12.1 Å². The van der Waals surface area contributed by atoms with Gasteiger partial charge in [0.15, 0.2) is 0 Å². The first kappa shape index (κ1) is 16.7. The van der Waals surface area contributed by atoms with Crippen molar-refractivity contribution < 1.29 is 9.21 Å². The van der Waals surface area contributed by atoms with Crippen LogP contribution in [0.4, 0.5) is 0 Å². The summed E-state index contributed by atoms with van der Waals surface area (Å²) in [6, 6.07) is 9.92. The molecule has 0 saturated heterocycles. The number of rotatable bonds is 5. The van der Waals surface area contributed by atoms with Crippen molar-refractivity contribution in [3.8, 4) is 11.5 Å². The molecule has 1 aliphatic carbocycles. The van der Waals surface area contributed by atoms with Crippen LogP contribution in [0.3, 0.4) is 0 Å². The zero-order valence-corrected chi connectivity index (χ0v) is 14.1. The minimum atomic E-state index is -0.00337. The molecule has 2 aromatic rings. The van der Waals surface area contributed by atoms with Gasteiger partial charge in [-0.2, -0.15) is 0 Å². The van der Waals surface area contributed by atoms with Gasteiger partial charge in [-0.15, -0.1) is 0 Å². The van der Waals surface area contributed by atoms with Crippen LogP contribution in [-0.4, -0.2) is 23.5 Å². The van der Waals surface area contributed by atoms with Crippen LogP contribution < -0.4 is 11.1 Å². The number of nitrogens with zero attached hydrogens (tertiary/aromatic N) is 1. The molecule has 0 bridgehead atoms. The molecule has 2 atom stereocenters. The van der Waals surface area contributed by atoms with E-state index in [4.69, 9.17) is 10.2 Å². The standard InChI is InChI=1S/C19H25N3O2/c1-13-17(22-19(24-13)14-7-3-2-4-8-14)11-18(23)21-16-10-6-5-9-15(16)12-20/h2-4,7-8,15-16H,5-6,9-12,20H2,1H3,(H,21,23). The molecular weight excluding hydrogens is 302 g/mol. The third-order valence-corrected chi connectivity index (χ3v) is 4.80. The Morgan fingerprint density at radius 1 is 1.29 bits per heavy atom. The highest BCUT2D eigenvalue weighted by Crippen LogP contribution is 2.24. The Morgan fingerprint density at radius 2 is 2.04 bits per heavy atom. The third-order valence-electron chi connectivity index (χ3n) is 4.80. The average Bonchev–Trinajstić information content (AvgIpc) is 2.97. The number of nitrogens with one attached hydrogen (secondary N) is 1. The molecule has 2 unspecified atom stereocenters. The molecule has 1 saturated carbocycles. The molecule has 3 N–H and O–H groups in total. The normalized spacial score (nSPS) is 20.8. The van der Waals surface area contributed by atoms with Crippen LogP contribution >= 0.6 is 0 Å². The second-order valence-electron chi connectivity index (χ2n) is 6.52. The fraction of sp³-hybridized carbons (Fsp3) is 0.474. The zero-order chi connectivity index (χ0) is 16.9. The summed E-state index contributed by atoms with van der Waals surface area (Å²) >= 11 is 0. The number of carbonyl (C=O) groups is 1. The van der Waals surface area contributed by atoms with Crippen molar-refractivity contribution in [1.82, 2.24) is 10.3 Å². The number of aromatic nitrogens is 1. The average molecular weight is 327 g/mol. The number of nitrogens with two attached hydrogens (primary N) is 1. The number of oxazole rings is 1. The number of hydrogen-bond donors (Lipinski definition) is 2. The van der Waals surface area contributed by atoms with E-state index >= 15 is 0 Å². The van der Waals surface area contributed by atoms with Gasteiger partial charge in [0.1, 0.15) is 5.76 Å². The first-order chi connectivity index (χ1) is 11.7. The highest BCUT2D eigenvalue weighted by atomic mass is 16.4. The topological polar surface area (TPSA) is 81.2 Å². The summed E-state index contributed by atoms with van der Waals surface area (Å²) in [5.41, 5.74) is 7.45. The van der Waals surface area contributed by atoms with E-state index in [1.165, 1.54) is 6.42 Å². The predicted molar refractivity (Wildman–Crippen MR) is 93.3 cm³/mol. The van der Waals surface area contributed by atoms with E-state index in [1.807, 2.05) is 37.3 Å². The Hall–Kier alpha value is -2.14. The van der Waals surface area contributed by atoms with Crippen LogP contribution in [0.2, 0.25) is 0 Å². The van der Waals surface area contributed by atoms with Gasteiger partial charge >= 0.3 is 0 Å². The van der Waals surface area contributed by atoms with Crippen LogP contribution in [0, 0.1) is 12.8 Å². The number of hydrogen-bond acceptors (Lipinski definition) is 4. The smallest absolute Gasteiger partial charge is 0.226 e. The number of benzene rings is 1. The third kappa shape index (κ3) is 3.85. The summed E-state index contributed by atoms with van der Waals surface area (Å²) in [6.45, 7) is 2.48. The molecule has 1 heterocycles. The van der Waals surface area contributed by atoms with E-state index in [-0.39, 0.29) is 18.4 Å². The quantitative estimate of drug-likeness (QED) is 0.885. The molecule has 1 aromatic carbocycles. The summed E-state index contributed by atoms with van der Waals surface area (Å²) in [7, 11) is 0. The Balaban J connectivity index is 1.65. The summed E-state index contributed by atoms with van der Waals surface area (Å²) in [5.74, 6) is 1.65. The van der Waals surface area contributed by atoms with Crippen molar-refractivity contribution in [2.75, 3.05) is 6.54 Å². The van der Waals surface area contributed by atoms with Gasteiger partial charge < -0.3 is 15.5 Å². The maximum absolute atomic E-state index is 12.4. The number of carbonyl (C=O) groups excluding carboxylic acids is 1. The fourth-order valence-corrected chi connectivity index (χ4v) is 3.39. The van der Waals surface area contributed by atoms with Gasteiger partial charge in [-0.3, -0.25) is 4.79 Å². The molecule has 24 heavy (non-hydrogen) atoms. The molecule has 1 amide bonds. The predicted octanol–water partition coefficient (Wildman–Crippen LogP) is 2.83. The van der Waals surface area contributed by atoms with Crippen molar-refractivity contribution in [2.24, 2.45) is 11.7 Å². The molecule has 1 aromatic heterocycles. The van der Waals surface area contributed by atoms with E-state index in [2.05, 4.69) is 10.3 Å². The van der Waals surface area contributed by atoms with Gasteiger partial charge in [-0.25, -0.2) is 4.98 Å². The van der Waals surface area contributed by atoms with E-state index in [0.29, 0.717) is 29.8 Å². The second-order valence-corrected chi connectivity index (χ2v) is 6.52. The lowest BCUT2D eigenvalue weighted by Crippen LogP contribution is -2.45. The molecule has 3 rings (SSSR count). The molecule has 5 nitrogen and oxygen atoms in total. The Labute approximate surface area is 142 Å². The zero-order valence-electron chi connectivity index (χ0n) is 14.1. The van der Waals surface area contributed by atoms with Crippen molar-refractivity contribution in [1.29, 1.82) is 0 Å². The van der Waals surface area contributed by atoms with Crippen LogP contribution in [0.15, 0.2) is 34.7 Å².